The Morgan fingerprint density at radius 3 is 2.78 bits per heavy atom. The lowest BCUT2D eigenvalue weighted by molar-refractivity contribution is 0.0496. The van der Waals surface area contributed by atoms with Crippen LogP contribution in [-0.2, 0) is 4.74 Å². The summed E-state index contributed by atoms with van der Waals surface area (Å²) in [6.07, 6.45) is 2.06. The fourth-order valence-corrected chi connectivity index (χ4v) is 2.54. The second-order valence-electron chi connectivity index (χ2n) is 4.32. The zero-order valence-corrected chi connectivity index (χ0v) is 12.1. The first-order chi connectivity index (χ1) is 8.66. The van der Waals surface area contributed by atoms with Crippen molar-refractivity contribution in [2.24, 2.45) is 5.92 Å². The van der Waals surface area contributed by atoms with Crippen molar-refractivity contribution < 1.29 is 19.4 Å². The summed E-state index contributed by atoms with van der Waals surface area (Å²) in [4.78, 5) is 10.8. The average molecular weight is 362 g/mol. The van der Waals surface area contributed by atoms with Gasteiger partial charge in [0, 0.05) is 13.2 Å². The molecule has 1 aromatic carbocycles. The van der Waals surface area contributed by atoms with Gasteiger partial charge in [-0.25, -0.2) is 4.79 Å². The molecule has 1 aromatic rings. The van der Waals surface area contributed by atoms with Gasteiger partial charge in [-0.05, 0) is 59.5 Å². The zero-order valence-electron chi connectivity index (χ0n) is 9.89. The number of hydrogen-bond acceptors (Lipinski definition) is 3. The van der Waals surface area contributed by atoms with Crippen LogP contribution in [0.3, 0.4) is 0 Å². The predicted molar refractivity (Wildman–Crippen MR) is 75.2 cm³/mol. The molecule has 0 spiro atoms. The molecule has 1 fully saturated rings. The molecule has 1 N–H and O–H groups in total. The Labute approximate surface area is 119 Å². The lowest BCUT2D eigenvalue weighted by Gasteiger charge is -2.22. The van der Waals surface area contributed by atoms with Crippen molar-refractivity contribution in [1.29, 1.82) is 0 Å². The standard InChI is InChI=1S/C13H15IO4/c14-11-7-10(13(15)16)1-2-12(11)18-8-9-3-5-17-6-4-9/h1-2,7,9H,3-6,8H2,(H,15,16). The van der Waals surface area contributed by atoms with E-state index in [2.05, 4.69) is 22.6 Å². The third-order valence-corrected chi connectivity index (χ3v) is 3.84. The van der Waals surface area contributed by atoms with E-state index >= 15 is 0 Å². The number of rotatable bonds is 4. The van der Waals surface area contributed by atoms with Gasteiger partial charge in [-0.15, -0.1) is 0 Å². The van der Waals surface area contributed by atoms with Gasteiger partial charge in [0.2, 0.25) is 0 Å². The molecule has 0 bridgehead atoms. The van der Waals surface area contributed by atoms with Gasteiger partial charge < -0.3 is 14.6 Å². The van der Waals surface area contributed by atoms with E-state index in [1.165, 1.54) is 0 Å². The molecular formula is C13H15IO4. The zero-order chi connectivity index (χ0) is 13.0. The minimum atomic E-state index is -0.913. The molecule has 0 atom stereocenters. The maximum absolute atomic E-state index is 10.8. The molecule has 1 aliphatic rings. The lowest BCUT2D eigenvalue weighted by Crippen LogP contribution is -2.21. The first-order valence-corrected chi connectivity index (χ1v) is 6.98. The Morgan fingerprint density at radius 2 is 2.17 bits per heavy atom. The van der Waals surface area contributed by atoms with Gasteiger partial charge in [0.15, 0.2) is 0 Å². The van der Waals surface area contributed by atoms with Gasteiger partial charge >= 0.3 is 5.97 Å². The third kappa shape index (κ3) is 3.58. The summed E-state index contributed by atoms with van der Waals surface area (Å²) >= 11 is 2.10. The van der Waals surface area contributed by atoms with E-state index in [1.54, 1.807) is 18.2 Å². The summed E-state index contributed by atoms with van der Waals surface area (Å²) in [6, 6.07) is 4.93. The first kappa shape index (κ1) is 13.6. The average Bonchev–Trinajstić information content (AvgIpc) is 2.38. The summed E-state index contributed by atoms with van der Waals surface area (Å²) < 4.78 is 11.9. The van der Waals surface area contributed by atoms with E-state index in [0.717, 1.165) is 35.4 Å². The summed E-state index contributed by atoms with van der Waals surface area (Å²) in [5, 5.41) is 8.88. The Hall–Kier alpha value is -0.820. The predicted octanol–water partition coefficient (Wildman–Crippen LogP) is 2.79. The van der Waals surface area contributed by atoms with Crippen molar-refractivity contribution >= 4 is 28.6 Å². The topological polar surface area (TPSA) is 55.8 Å². The van der Waals surface area contributed by atoms with E-state index < -0.39 is 5.97 Å². The summed E-state index contributed by atoms with van der Waals surface area (Å²) in [6.45, 7) is 2.29. The molecule has 1 saturated heterocycles. The molecular weight excluding hydrogens is 347 g/mol. The smallest absolute Gasteiger partial charge is 0.335 e. The molecule has 4 nitrogen and oxygen atoms in total. The SMILES string of the molecule is O=C(O)c1ccc(OCC2CCOCC2)c(I)c1. The molecule has 98 valence electrons. The Balaban J connectivity index is 1.94. The van der Waals surface area contributed by atoms with Gasteiger partial charge in [0.05, 0.1) is 15.7 Å². The van der Waals surface area contributed by atoms with Crippen LogP contribution in [0.4, 0.5) is 0 Å². The quantitative estimate of drug-likeness (QED) is 0.837. The van der Waals surface area contributed by atoms with Crippen LogP contribution in [0, 0.1) is 9.49 Å². The van der Waals surface area contributed by atoms with Crippen LogP contribution in [-0.4, -0.2) is 30.9 Å². The second kappa shape index (κ2) is 6.38. The monoisotopic (exact) mass is 362 g/mol. The highest BCUT2D eigenvalue weighted by atomic mass is 127. The van der Waals surface area contributed by atoms with Gasteiger partial charge in [-0.1, -0.05) is 0 Å². The van der Waals surface area contributed by atoms with Crippen LogP contribution in [0.15, 0.2) is 18.2 Å². The van der Waals surface area contributed by atoms with Crippen molar-refractivity contribution in [2.45, 2.75) is 12.8 Å². The highest BCUT2D eigenvalue weighted by Crippen LogP contribution is 2.24. The molecule has 0 aliphatic carbocycles. The van der Waals surface area contributed by atoms with Gasteiger partial charge in [-0.3, -0.25) is 0 Å². The molecule has 5 heteroatoms. The highest BCUT2D eigenvalue weighted by Gasteiger charge is 2.15. The number of carboxylic acid groups (broad SMARTS) is 1. The van der Waals surface area contributed by atoms with Crippen molar-refractivity contribution in [3.05, 3.63) is 27.3 Å². The van der Waals surface area contributed by atoms with Crippen molar-refractivity contribution in [1.82, 2.24) is 0 Å². The molecule has 1 heterocycles. The van der Waals surface area contributed by atoms with Crippen LogP contribution in [0.2, 0.25) is 0 Å². The van der Waals surface area contributed by atoms with E-state index in [-0.39, 0.29) is 5.56 Å². The van der Waals surface area contributed by atoms with E-state index in [9.17, 15) is 4.79 Å². The molecule has 0 unspecified atom stereocenters. The fourth-order valence-electron chi connectivity index (χ4n) is 1.87. The Bertz CT molecular complexity index is 427. The van der Waals surface area contributed by atoms with Crippen LogP contribution in [0.1, 0.15) is 23.2 Å². The maximum atomic E-state index is 10.8. The van der Waals surface area contributed by atoms with Crippen molar-refractivity contribution in [3.8, 4) is 5.75 Å². The fraction of sp³-hybridized carbons (Fsp3) is 0.462. The molecule has 0 saturated carbocycles. The second-order valence-corrected chi connectivity index (χ2v) is 5.48. The largest absolute Gasteiger partial charge is 0.492 e. The third-order valence-electron chi connectivity index (χ3n) is 2.99. The lowest BCUT2D eigenvalue weighted by atomic mass is 10.0. The minimum absolute atomic E-state index is 0.290. The van der Waals surface area contributed by atoms with Crippen LogP contribution >= 0.6 is 22.6 Å². The van der Waals surface area contributed by atoms with Crippen molar-refractivity contribution in [2.75, 3.05) is 19.8 Å². The van der Waals surface area contributed by atoms with Gasteiger partial charge in [0.25, 0.3) is 0 Å². The number of halogens is 1. The highest BCUT2D eigenvalue weighted by molar-refractivity contribution is 14.1. The van der Waals surface area contributed by atoms with Crippen LogP contribution in [0.5, 0.6) is 5.75 Å². The number of hydrogen-bond donors (Lipinski definition) is 1. The Morgan fingerprint density at radius 1 is 1.44 bits per heavy atom. The summed E-state index contributed by atoms with van der Waals surface area (Å²) in [5.74, 6) is 0.379. The Kier molecular flexibility index (Phi) is 4.82. The maximum Gasteiger partial charge on any atom is 0.335 e. The number of benzene rings is 1. The number of carboxylic acids is 1. The number of carbonyl (C=O) groups is 1. The summed E-state index contributed by atoms with van der Waals surface area (Å²) in [7, 11) is 0. The van der Waals surface area contributed by atoms with E-state index in [0.29, 0.717) is 12.5 Å². The normalized spacial score (nSPS) is 16.5. The summed E-state index contributed by atoms with van der Waals surface area (Å²) in [5.41, 5.74) is 0.290. The molecule has 18 heavy (non-hydrogen) atoms. The number of ether oxygens (including phenoxy) is 2. The van der Waals surface area contributed by atoms with E-state index in [4.69, 9.17) is 14.6 Å². The van der Waals surface area contributed by atoms with Crippen LogP contribution < -0.4 is 4.74 Å². The van der Waals surface area contributed by atoms with Crippen molar-refractivity contribution in [3.63, 3.8) is 0 Å². The van der Waals surface area contributed by atoms with Gasteiger partial charge in [0.1, 0.15) is 5.75 Å². The minimum Gasteiger partial charge on any atom is -0.492 e. The van der Waals surface area contributed by atoms with E-state index in [1.807, 2.05) is 0 Å². The van der Waals surface area contributed by atoms with Gasteiger partial charge in [-0.2, -0.15) is 0 Å². The molecule has 0 amide bonds. The molecule has 0 radical (unpaired) electrons. The molecule has 0 aromatic heterocycles. The molecule has 2 rings (SSSR count). The molecule has 1 aliphatic heterocycles. The van der Waals surface area contributed by atoms with Crippen LogP contribution in [0.25, 0.3) is 0 Å². The number of aromatic carboxylic acids is 1. The first-order valence-electron chi connectivity index (χ1n) is 5.90.